The van der Waals surface area contributed by atoms with E-state index < -0.39 is 17.8 Å². The molecule has 0 aliphatic carbocycles. The highest BCUT2D eigenvalue weighted by Crippen LogP contribution is 2.30. The van der Waals surface area contributed by atoms with Crippen molar-refractivity contribution in [3.05, 3.63) is 100 Å². The lowest BCUT2D eigenvalue weighted by molar-refractivity contribution is -0.120. The van der Waals surface area contributed by atoms with Crippen molar-refractivity contribution < 1.29 is 23.9 Å². The number of hydrogen-bond acceptors (Lipinski definition) is 6. The van der Waals surface area contributed by atoms with Crippen LogP contribution in [-0.2, 0) is 14.3 Å². The molecule has 3 aromatic carbocycles. The van der Waals surface area contributed by atoms with Gasteiger partial charge in [-0.25, -0.2) is 9.69 Å². The molecule has 0 saturated carbocycles. The summed E-state index contributed by atoms with van der Waals surface area (Å²) in [5, 5.41) is 5.42. The van der Waals surface area contributed by atoms with Crippen LogP contribution in [0.5, 0.6) is 0 Å². The van der Waals surface area contributed by atoms with Gasteiger partial charge in [0.05, 0.1) is 17.9 Å². The van der Waals surface area contributed by atoms with Gasteiger partial charge in [0.1, 0.15) is 10.7 Å². The molecule has 182 valence electrons. The lowest BCUT2D eigenvalue weighted by atomic mass is 10.1. The summed E-state index contributed by atoms with van der Waals surface area (Å²) in [7, 11) is 0. The van der Waals surface area contributed by atoms with Crippen LogP contribution in [0.1, 0.15) is 33.2 Å². The predicted octanol–water partition coefficient (Wildman–Crippen LogP) is 4.86. The highest BCUT2D eigenvalue weighted by molar-refractivity contribution is 6.53. The highest BCUT2D eigenvalue weighted by Gasteiger charge is 2.39. The zero-order chi connectivity index (χ0) is 25.8. The van der Waals surface area contributed by atoms with Crippen molar-refractivity contribution in [3.8, 4) is 0 Å². The number of benzene rings is 3. The number of rotatable bonds is 7. The largest absolute Gasteiger partial charge is 0.462 e. The van der Waals surface area contributed by atoms with Gasteiger partial charge in [-0.1, -0.05) is 29.3 Å². The summed E-state index contributed by atoms with van der Waals surface area (Å²) in [6.07, 6.45) is 0. The second kappa shape index (κ2) is 10.5. The summed E-state index contributed by atoms with van der Waals surface area (Å²) in [6, 6.07) is 19.7. The number of amides is 3. The Kier molecular flexibility index (Phi) is 7.17. The van der Waals surface area contributed by atoms with Crippen LogP contribution < -0.4 is 15.5 Å². The number of hydrogen-bond donors (Lipinski definition) is 2. The molecule has 1 aliphatic heterocycles. The van der Waals surface area contributed by atoms with Gasteiger partial charge in [0.15, 0.2) is 0 Å². The van der Waals surface area contributed by atoms with Crippen molar-refractivity contribution in [2.24, 2.45) is 0 Å². The number of esters is 1. The first kappa shape index (κ1) is 24.7. The summed E-state index contributed by atoms with van der Waals surface area (Å²) >= 11 is 6.19. The number of nitrogens with one attached hydrogen (secondary N) is 2. The lowest BCUT2D eigenvalue weighted by Crippen LogP contribution is -2.32. The number of imide groups is 1. The first-order valence-corrected chi connectivity index (χ1v) is 11.5. The molecule has 1 heterocycles. The number of halogens is 1. The number of carbonyl (C=O) groups is 4. The average Bonchev–Trinajstić information content (AvgIpc) is 3.09. The van der Waals surface area contributed by atoms with Gasteiger partial charge in [-0.3, -0.25) is 14.4 Å². The standard InChI is InChI=1S/C27H22ClN3O5/c1-3-36-27(35)18-8-14-21(15-9-18)31-25(33)22(28)23(26(31)34)29-19-12-6-17(7-13-19)24(32)30-20-10-4-16(2)5-11-20/h4-15,29H,3H2,1-2H3,(H,30,32). The first-order valence-electron chi connectivity index (χ1n) is 11.1. The Morgan fingerprint density at radius 2 is 1.42 bits per heavy atom. The Hall–Kier alpha value is -4.43. The molecule has 0 saturated heterocycles. The smallest absolute Gasteiger partial charge is 0.338 e. The third kappa shape index (κ3) is 5.13. The fourth-order valence-electron chi connectivity index (χ4n) is 3.50. The topological polar surface area (TPSA) is 105 Å². The van der Waals surface area contributed by atoms with Crippen molar-refractivity contribution in [2.45, 2.75) is 13.8 Å². The van der Waals surface area contributed by atoms with Gasteiger partial charge in [0.2, 0.25) is 0 Å². The van der Waals surface area contributed by atoms with Crippen molar-refractivity contribution in [2.75, 3.05) is 22.1 Å². The first-order chi connectivity index (χ1) is 17.3. The molecule has 0 unspecified atom stereocenters. The van der Waals surface area contributed by atoms with E-state index >= 15 is 0 Å². The molecule has 3 aromatic rings. The summed E-state index contributed by atoms with van der Waals surface area (Å²) in [5.41, 5.74) is 3.11. The van der Waals surface area contributed by atoms with Crippen molar-refractivity contribution in [1.82, 2.24) is 0 Å². The van der Waals surface area contributed by atoms with E-state index in [1.54, 1.807) is 31.2 Å². The monoisotopic (exact) mass is 503 g/mol. The van der Waals surface area contributed by atoms with Crippen molar-refractivity contribution >= 4 is 52.4 Å². The third-order valence-corrected chi connectivity index (χ3v) is 5.74. The van der Waals surface area contributed by atoms with Crippen LogP contribution in [-0.4, -0.2) is 30.3 Å². The van der Waals surface area contributed by atoms with E-state index in [0.717, 1.165) is 10.5 Å². The summed E-state index contributed by atoms with van der Waals surface area (Å²) in [5.74, 6) is -2.12. The fraction of sp³-hybridized carbons (Fsp3) is 0.111. The van der Waals surface area contributed by atoms with E-state index in [4.69, 9.17) is 16.3 Å². The normalized spacial score (nSPS) is 13.1. The van der Waals surface area contributed by atoms with Gasteiger partial charge >= 0.3 is 5.97 Å². The number of ether oxygens (including phenoxy) is 1. The SMILES string of the molecule is CCOC(=O)c1ccc(N2C(=O)C(Cl)=C(Nc3ccc(C(=O)Nc4ccc(C)cc4)cc3)C2=O)cc1. The van der Waals surface area contributed by atoms with Gasteiger partial charge in [0, 0.05) is 16.9 Å². The summed E-state index contributed by atoms with van der Waals surface area (Å²) in [4.78, 5) is 51.0. The maximum absolute atomic E-state index is 13.0. The summed E-state index contributed by atoms with van der Waals surface area (Å²) < 4.78 is 4.94. The Bertz CT molecular complexity index is 1360. The molecule has 0 aromatic heterocycles. The predicted molar refractivity (Wildman–Crippen MR) is 137 cm³/mol. The Morgan fingerprint density at radius 1 is 0.833 bits per heavy atom. The van der Waals surface area contributed by atoms with Crippen LogP contribution in [0.25, 0.3) is 0 Å². The molecule has 3 amide bonds. The van der Waals surface area contributed by atoms with Gasteiger partial charge in [-0.05, 0) is 74.5 Å². The molecule has 1 aliphatic rings. The second-order valence-corrected chi connectivity index (χ2v) is 8.30. The van der Waals surface area contributed by atoms with E-state index in [2.05, 4.69) is 10.6 Å². The molecule has 2 N–H and O–H groups in total. The zero-order valence-corrected chi connectivity index (χ0v) is 20.3. The van der Waals surface area contributed by atoms with Crippen molar-refractivity contribution in [3.63, 3.8) is 0 Å². The van der Waals surface area contributed by atoms with E-state index in [9.17, 15) is 19.2 Å². The van der Waals surface area contributed by atoms with Gasteiger partial charge in [-0.15, -0.1) is 0 Å². The number of aryl methyl sites for hydroxylation is 1. The second-order valence-electron chi connectivity index (χ2n) is 7.92. The molecule has 4 rings (SSSR count). The molecule has 0 spiro atoms. The molecule has 0 atom stereocenters. The quantitative estimate of drug-likeness (QED) is 0.352. The minimum atomic E-state index is -0.692. The Morgan fingerprint density at radius 3 is 2.03 bits per heavy atom. The molecule has 0 radical (unpaired) electrons. The van der Waals surface area contributed by atoms with E-state index in [-0.39, 0.29) is 28.9 Å². The number of nitrogens with zero attached hydrogens (tertiary/aromatic N) is 1. The maximum atomic E-state index is 13.0. The van der Waals surface area contributed by atoms with Crippen LogP contribution in [0.2, 0.25) is 0 Å². The van der Waals surface area contributed by atoms with Crippen LogP contribution in [0.4, 0.5) is 17.1 Å². The zero-order valence-electron chi connectivity index (χ0n) is 19.5. The van der Waals surface area contributed by atoms with Crippen LogP contribution in [0.3, 0.4) is 0 Å². The minimum Gasteiger partial charge on any atom is -0.462 e. The van der Waals surface area contributed by atoms with E-state index in [0.29, 0.717) is 22.5 Å². The summed E-state index contributed by atoms with van der Waals surface area (Å²) in [6.45, 7) is 3.89. The lowest BCUT2D eigenvalue weighted by Gasteiger charge is -2.15. The molecule has 36 heavy (non-hydrogen) atoms. The number of anilines is 3. The number of carbonyl (C=O) groups excluding carboxylic acids is 4. The Labute approximate surface area is 212 Å². The molecule has 9 heteroatoms. The molecule has 8 nitrogen and oxygen atoms in total. The highest BCUT2D eigenvalue weighted by atomic mass is 35.5. The molecular formula is C27H22ClN3O5. The van der Waals surface area contributed by atoms with Crippen LogP contribution >= 0.6 is 11.6 Å². The van der Waals surface area contributed by atoms with Gasteiger partial charge in [-0.2, -0.15) is 0 Å². The fourth-order valence-corrected chi connectivity index (χ4v) is 3.71. The molecule has 0 fully saturated rings. The minimum absolute atomic E-state index is 0.0898. The Balaban J connectivity index is 1.45. The van der Waals surface area contributed by atoms with Crippen LogP contribution in [0, 0.1) is 6.92 Å². The van der Waals surface area contributed by atoms with E-state index in [1.807, 2.05) is 31.2 Å². The van der Waals surface area contributed by atoms with Crippen molar-refractivity contribution in [1.29, 1.82) is 0 Å². The van der Waals surface area contributed by atoms with Gasteiger partial charge < -0.3 is 15.4 Å². The maximum Gasteiger partial charge on any atom is 0.338 e. The van der Waals surface area contributed by atoms with Gasteiger partial charge in [0.25, 0.3) is 17.7 Å². The van der Waals surface area contributed by atoms with Crippen LogP contribution in [0.15, 0.2) is 83.5 Å². The third-order valence-electron chi connectivity index (χ3n) is 5.39. The molecule has 0 bridgehead atoms. The molecular weight excluding hydrogens is 482 g/mol. The average molecular weight is 504 g/mol. The van der Waals surface area contributed by atoms with E-state index in [1.165, 1.54) is 24.3 Å².